The predicted octanol–water partition coefficient (Wildman–Crippen LogP) is 2.47. The van der Waals surface area contributed by atoms with Gasteiger partial charge < -0.3 is 10.2 Å². The zero-order valence-corrected chi connectivity index (χ0v) is 12.6. The molecule has 0 saturated heterocycles. The van der Waals surface area contributed by atoms with Crippen LogP contribution in [0, 0.1) is 5.92 Å². The quantitative estimate of drug-likeness (QED) is 0.894. The van der Waals surface area contributed by atoms with E-state index in [9.17, 15) is 4.79 Å². The Morgan fingerprint density at radius 2 is 2.00 bits per heavy atom. The Balaban J connectivity index is 1.74. The van der Waals surface area contributed by atoms with E-state index in [4.69, 9.17) is 0 Å². The molecule has 3 nitrogen and oxygen atoms in total. The smallest absolute Gasteiger partial charge is 0.223 e. The van der Waals surface area contributed by atoms with Crippen LogP contribution >= 0.6 is 0 Å². The fourth-order valence-electron chi connectivity index (χ4n) is 2.99. The molecule has 0 heterocycles. The van der Waals surface area contributed by atoms with E-state index in [1.54, 1.807) is 0 Å². The Bertz CT molecular complexity index is 416. The molecule has 0 unspecified atom stereocenters. The fourth-order valence-corrected chi connectivity index (χ4v) is 2.99. The first-order valence-corrected chi connectivity index (χ1v) is 7.65. The first kappa shape index (κ1) is 15.0. The zero-order chi connectivity index (χ0) is 14.4. The van der Waals surface area contributed by atoms with E-state index in [0.29, 0.717) is 6.04 Å². The summed E-state index contributed by atoms with van der Waals surface area (Å²) in [5.41, 5.74) is 1.28. The average Bonchev–Trinajstić information content (AvgIpc) is 2.48. The third-order valence-corrected chi connectivity index (χ3v) is 4.30. The third-order valence-electron chi connectivity index (χ3n) is 4.30. The van der Waals surface area contributed by atoms with E-state index < -0.39 is 0 Å². The van der Waals surface area contributed by atoms with Crippen LogP contribution in [0.4, 0.5) is 0 Å². The fraction of sp³-hybridized carbons (Fsp3) is 0.588. The van der Waals surface area contributed by atoms with E-state index in [0.717, 1.165) is 25.8 Å². The van der Waals surface area contributed by atoms with Crippen molar-refractivity contribution in [2.45, 2.75) is 38.1 Å². The molecule has 1 aromatic carbocycles. The normalized spacial score (nSPS) is 22.8. The molecule has 1 N–H and O–H groups in total. The summed E-state index contributed by atoms with van der Waals surface area (Å²) < 4.78 is 0. The Morgan fingerprint density at radius 3 is 2.70 bits per heavy atom. The average molecular weight is 274 g/mol. The maximum absolute atomic E-state index is 12.2. The molecule has 0 radical (unpaired) electrons. The van der Waals surface area contributed by atoms with Gasteiger partial charge in [0.25, 0.3) is 0 Å². The minimum absolute atomic E-state index is 0.201. The van der Waals surface area contributed by atoms with Gasteiger partial charge in [-0.25, -0.2) is 0 Å². The molecule has 0 aromatic heterocycles. The van der Waals surface area contributed by atoms with Crippen molar-refractivity contribution in [3.63, 3.8) is 0 Å². The van der Waals surface area contributed by atoms with Crippen molar-refractivity contribution in [3.05, 3.63) is 35.9 Å². The van der Waals surface area contributed by atoms with Crippen LogP contribution in [-0.4, -0.2) is 37.5 Å². The molecule has 3 heteroatoms. The SMILES string of the molecule is CN(C)[C@H]1CCC[C@H](C(=O)NCCc2ccccc2)C1. The van der Waals surface area contributed by atoms with Gasteiger partial charge in [0.2, 0.25) is 5.91 Å². The number of carbonyl (C=O) groups is 1. The molecule has 1 saturated carbocycles. The van der Waals surface area contributed by atoms with Crippen molar-refractivity contribution in [1.29, 1.82) is 0 Å². The van der Waals surface area contributed by atoms with E-state index in [-0.39, 0.29) is 11.8 Å². The van der Waals surface area contributed by atoms with Gasteiger partial charge in [0.1, 0.15) is 0 Å². The van der Waals surface area contributed by atoms with E-state index in [2.05, 4.69) is 36.4 Å². The van der Waals surface area contributed by atoms with Crippen LogP contribution in [0.15, 0.2) is 30.3 Å². The first-order chi connectivity index (χ1) is 9.66. The van der Waals surface area contributed by atoms with Crippen LogP contribution in [0.5, 0.6) is 0 Å². The van der Waals surface area contributed by atoms with Gasteiger partial charge >= 0.3 is 0 Å². The van der Waals surface area contributed by atoms with Gasteiger partial charge in [-0.2, -0.15) is 0 Å². The Hall–Kier alpha value is -1.35. The summed E-state index contributed by atoms with van der Waals surface area (Å²) in [7, 11) is 4.22. The Kier molecular flexibility index (Phi) is 5.60. The maximum Gasteiger partial charge on any atom is 0.223 e. The third kappa shape index (κ3) is 4.34. The molecule has 1 amide bonds. The van der Waals surface area contributed by atoms with Gasteiger partial charge in [-0.1, -0.05) is 36.8 Å². The molecule has 0 spiro atoms. The molecule has 1 aliphatic carbocycles. The second-order valence-electron chi connectivity index (χ2n) is 6.01. The van der Waals surface area contributed by atoms with E-state index >= 15 is 0 Å². The van der Waals surface area contributed by atoms with Crippen LogP contribution in [0.1, 0.15) is 31.2 Å². The minimum Gasteiger partial charge on any atom is -0.356 e. The van der Waals surface area contributed by atoms with Gasteiger partial charge in [-0.3, -0.25) is 4.79 Å². The van der Waals surface area contributed by atoms with E-state index in [1.807, 2.05) is 18.2 Å². The highest BCUT2D eigenvalue weighted by molar-refractivity contribution is 5.78. The molecule has 0 aliphatic heterocycles. The van der Waals surface area contributed by atoms with Crippen molar-refractivity contribution in [2.24, 2.45) is 5.92 Å². The molecule has 2 rings (SSSR count). The monoisotopic (exact) mass is 274 g/mol. The lowest BCUT2D eigenvalue weighted by Gasteiger charge is -2.32. The summed E-state index contributed by atoms with van der Waals surface area (Å²) in [6.45, 7) is 0.742. The number of carbonyl (C=O) groups excluding carboxylic acids is 1. The highest BCUT2D eigenvalue weighted by Crippen LogP contribution is 2.26. The second kappa shape index (κ2) is 7.44. The van der Waals surface area contributed by atoms with Gasteiger partial charge in [-0.05, 0) is 45.3 Å². The number of nitrogens with one attached hydrogen (secondary N) is 1. The summed E-state index contributed by atoms with van der Waals surface area (Å²) in [4.78, 5) is 14.5. The molecule has 0 bridgehead atoms. The van der Waals surface area contributed by atoms with Crippen LogP contribution < -0.4 is 5.32 Å². The maximum atomic E-state index is 12.2. The van der Waals surface area contributed by atoms with Crippen LogP contribution in [-0.2, 0) is 11.2 Å². The molecular formula is C17H26N2O. The zero-order valence-electron chi connectivity index (χ0n) is 12.6. The molecule has 1 aliphatic rings. The van der Waals surface area contributed by atoms with Gasteiger partial charge in [0.05, 0.1) is 0 Å². The number of rotatable bonds is 5. The Morgan fingerprint density at radius 1 is 1.25 bits per heavy atom. The molecule has 1 aromatic rings. The van der Waals surface area contributed by atoms with Gasteiger partial charge in [-0.15, -0.1) is 0 Å². The van der Waals surface area contributed by atoms with Crippen molar-refractivity contribution in [1.82, 2.24) is 10.2 Å². The molecule has 1 fully saturated rings. The highest BCUT2D eigenvalue weighted by Gasteiger charge is 2.27. The number of nitrogens with zero attached hydrogens (tertiary/aromatic N) is 1. The van der Waals surface area contributed by atoms with Gasteiger partial charge in [0, 0.05) is 18.5 Å². The number of hydrogen-bond donors (Lipinski definition) is 1. The summed E-state index contributed by atoms with van der Waals surface area (Å²) in [5, 5.41) is 3.10. The number of hydrogen-bond acceptors (Lipinski definition) is 2. The first-order valence-electron chi connectivity index (χ1n) is 7.65. The number of amides is 1. The topological polar surface area (TPSA) is 32.3 Å². The number of benzene rings is 1. The van der Waals surface area contributed by atoms with Crippen molar-refractivity contribution < 1.29 is 4.79 Å². The van der Waals surface area contributed by atoms with E-state index in [1.165, 1.54) is 18.4 Å². The highest BCUT2D eigenvalue weighted by atomic mass is 16.1. The largest absolute Gasteiger partial charge is 0.356 e. The Labute approximate surface area is 122 Å². The second-order valence-corrected chi connectivity index (χ2v) is 6.01. The van der Waals surface area contributed by atoms with Crippen LogP contribution in [0.2, 0.25) is 0 Å². The standard InChI is InChI=1S/C17H26N2O/c1-19(2)16-10-6-9-15(13-16)17(20)18-12-11-14-7-4-3-5-8-14/h3-5,7-8,15-16H,6,9-13H2,1-2H3,(H,18,20)/t15-,16-/m0/s1. The molecule has 20 heavy (non-hydrogen) atoms. The summed E-state index contributed by atoms with van der Waals surface area (Å²) in [6, 6.07) is 10.9. The minimum atomic E-state index is 0.201. The van der Waals surface area contributed by atoms with Crippen LogP contribution in [0.25, 0.3) is 0 Å². The lowest BCUT2D eigenvalue weighted by Crippen LogP contribution is -2.40. The van der Waals surface area contributed by atoms with Crippen molar-refractivity contribution >= 4 is 5.91 Å². The molecular weight excluding hydrogens is 248 g/mol. The summed E-state index contributed by atoms with van der Waals surface area (Å²) in [6.07, 6.45) is 5.35. The summed E-state index contributed by atoms with van der Waals surface area (Å²) >= 11 is 0. The predicted molar refractivity (Wildman–Crippen MR) is 82.6 cm³/mol. The lowest BCUT2D eigenvalue weighted by atomic mass is 9.84. The van der Waals surface area contributed by atoms with Crippen LogP contribution in [0.3, 0.4) is 0 Å². The molecule has 110 valence electrons. The van der Waals surface area contributed by atoms with Crippen molar-refractivity contribution in [2.75, 3.05) is 20.6 Å². The summed E-state index contributed by atoms with van der Waals surface area (Å²) in [5.74, 6) is 0.444. The van der Waals surface area contributed by atoms with Crippen molar-refractivity contribution in [3.8, 4) is 0 Å². The van der Waals surface area contributed by atoms with Gasteiger partial charge in [0.15, 0.2) is 0 Å². The lowest BCUT2D eigenvalue weighted by molar-refractivity contribution is -0.126. The molecule has 2 atom stereocenters.